The highest BCUT2D eigenvalue weighted by Gasteiger charge is 2.33. The van der Waals surface area contributed by atoms with E-state index in [9.17, 15) is 0 Å². The number of aromatic nitrogens is 2. The summed E-state index contributed by atoms with van der Waals surface area (Å²) in [4.78, 5) is 7.96. The third kappa shape index (κ3) is 2.62. The van der Waals surface area contributed by atoms with Crippen molar-refractivity contribution in [2.24, 2.45) is 17.8 Å². The van der Waals surface area contributed by atoms with Crippen LogP contribution in [0, 0.1) is 17.8 Å². The molecular weight excluding hydrogens is 208 g/mol. The van der Waals surface area contributed by atoms with Crippen LogP contribution < -0.4 is 0 Å². The Morgan fingerprint density at radius 1 is 1.47 bits per heavy atom. The molecule has 0 spiro atoms. The van der Waals surface area contributed by atoms with Gasteiger partial charge in [-0.1, -0.05) is 33.8 Å². The lowest BCUT2D eigenvalue weighted by atomic mass is 9.70. The van der Waals surface area contributed by atoms with Gasteiger partial charge >= 0.3 is 0 Å². The summed E-state index contributed by atoms with van der Waals surface area (Å²) in [7, 11) is 0. The lowest BCUT2D eigenvalue weighted by Gasteiger charge is -2.36. The van der Waals surface area contributed by atoms with Gasteiger partial charge in [0.05, 0.1) is 11.9 Å². The zero-order valence-electron chi connectivity index (χ0n) is 11.2. The van der Waals surface area contributed by atoms with E-state index in [0.29, 0.717) is 5.92 Å². The summed E-state index contributed by atoms with van der Waals surface area (Å²) in [5, 5.41) is 0. The summed E-state index contributed by atoms with van der Waals surface area (Å²) in [6.45, 7) is 10.8. The van der Waals surface area contributed by atoms with Crippen LogP contribution >= 0.6 is 0 Å². The maximum atomic E-state index is 4.55. The Bertz CT molecular complexity index is 378. The van der Waals surface area contributed by atoms with Crippen molar-refractivity contribution in [1.29, 1.82) is 0 Å². The van der Waals surface area contributed by atoms with Crippen LogP contribution in [-0.4, -0.2) is 9.97 Å². The fourth-order valence-corrected chi connectivity index (χ4v) is 3.16. The zero-order chi connectivity index (χ0) is 12.4. The molecule has 3 atom stereocenters. The van der Waals surface area contributed by atoms with E-state index in [4.69, 9.17) is 0 Å². The number of rotatable bonds is 3. The van der Waals surface area contributed by atoms with Crippen molar-refractivity contribution < 1.29 is 0 Å². The normalized spacial score (nSPS) is 29.5. The van der Waals surface area contributed by atoms with E-state index >= 15 is 0 Å². The Balaban J connectivity index is 2.22. The Morgan fingerprint density at radius 3 is 2.82 bits per heavy atom. The molecule has 1 N–H and O–H groups in total. The highest BCUT2D eigenvalue weighted by Crippen LogP contribution is 2.42. The van der Waals surface area contributed by atoms with Gasteiger partial charge in [-0.25, -0.2) is 4.98 Å². The molecule has 2 rings (SSSR count). The fraction of sp³-hybridized carbons (Fsp3) is 0.667. The van der Waals surface area contributed by atoms with Gasteiger partial charge in [0.15, 0.2) is 0 Å². The van der Waals surface area contributed by atoms with Gasteiger partial charge in [0, 0.05) is 5.92 Å². The standard InChI is InChI=1S/C15H24N2/c1-5-12-9-16-15(17-12)14-8-11(4)6-7-13(14)10(2)3/h5,9-11,13-14H,1,6-8H2,2-4H3,(H,16,17). The van der Waals surface area contributed by atoms with Crippen LogP contribution in [0.4, 0.5) is 0 Å². The summed E-state index contributed by atoms with van der Waals surface area (Å²) in [6, 6.07) is 0. The topological polar surface area (TPSA) is 28.7 Å². The highest BCUT2D eigenvalue weighted by atomic mass is 14.9. The minimum atomic E-state index is 0.604. The van der Waals surface area contributed by atoms with Crippen LogP contribution in [0.3, 0.4) is 0 Å². The van der Waals surface area contributed by atoms with Crippen molar-refractivity contribution in [3.8, 4) is 0 Å². The summed E-state index contributed by atoms with van der Waals surface area (Å²) in [5.74, 6) is 4.12. The molecule has 0 radical (unpaired) electrons. The summed E-state index contributed by atoms with van der Waals surface area (Å²) in [5.41, 5.74) is 1.04. The first-order valence-corrected chi connectivity index (χ1v) is 6.79. The minimum Gasteiger partial charge on any atom is -0.342 e. The molecule has 3 unspecified atom stereocenters. The quantitative estimate of drug-likeness (QED) is 0.830. The first kappa shape index (κ1) is 12.4. The number of hydrogen-bond acceptors (Lipinski definition) is 1. The lowest BCUT2D eigenvalue weighted by molar-refractivity contribution is 0.192. The van der Waals surface area contributed by atoms with Crippen LogP contribution in [0.2, 0.25) is 0 Å². The predicted octanol–water partition coefficient (Wildman–Crippen LogP) is 4.23. The molecule has 2 nitrogen and oxygen atoms in total. The highest BCUT2D eigenvalue weighted by molar-refractivity contribution is 5.40. The van der Waals surface area contributed by atoms with Crippen LogP contribution in [0.15, 0.2) is 12.8 Å². The molecule has 0 aliphatic heterocycles. The van der Waals surface area contributed by atoms with Gasteiger partial charge in [-0.05, 0) is 36.7 Å². The molecule has 0 aromatic carbocycles. The molecule has 1 saturated carbocycles. The number of nitrogens with zero attached hydrogens (tertiary/aromatic N) is 1. The monoisotopic (exact) mass is 232 g/mol. The lowest BCUT2D eigenvalue weighted by Crippen LogP contribution is -2.26. The smallest absolute Gasteiger partial charge is 0.109 e. The first-order chi connectivity index (χ1) is 8.11. The summed E-state index contributed by atoms with van der Waals surface area (Å²) < 4.78 is 0. The van der Waals surface area contributed by atoms with E-state index in [0.717, 1.165) is 23.4 Å². The molecule has 1 heterocycles. The Morgan fingerprint density at radius 2 is 2.24 bits per heavy atom. The van der Waals surface area contributed by atoms with Crippen LogP contribution in [-0.2, 0) is 0 Å². The second-order valence-corrected chi connectivity index (χ2v) is 5.86. The molecule has 94 valence electrons. The molecular formula is C15H24N2. The maximum Gasteiger partial charge on any atom is 0.109 e. The van der Waals surface area contributed by atoms with E-state index < -0.39 is 0 Å². The number of hydrogen-bond donors (Lipinski definition) is 1. The minimum absolute atomic E-state index is 0.604. The van der Waals surface area contributed by atoms with Gasteiger partial charge in [0.2, 0.25) is 0 Å². The number of aromatic amines is 1. The van der Waals surface area contributed by atoms with Gasteiger partial charge < -0.3 is 4.98 Å². The molecule has 1 fully saturated rings. The van der Waals surface area contributed by atoms with E-state index in [2.05, 4.69) is 37.3 Å². The van der Waals surface area contributed by atoms with Crippen LogP contribution in [0.1, 0.15) is 57.5 Å². The first-order valence-electron chi connectivity index (χ1n) is 6.79. The Hall–Kier alpha value is -1.05. The largest absolute Gasteiger partial charge is 0.342 e. The second kappa shape index (κ2) is 5.07. The van der Waals surface area contributed by atoms with Gasteiger partial charge in [-0.15, -0.1) is 0 Å². The second-order valence-electron chi connectivity index (χ2n) is 5.86. The Kier molecular flexibility index (Phi) is 3.70. The molecule has 0 amide bonds. The van der Waals surface area contributed by atoms with Gasteiger partial charge in [-0.2, -0.15) is 0 Å². The molecule has 1 aliphatic rings. The van der Waals surface area contributed by atoms with Crippen molar-refractivity contribution in [2.45, 2.75) is 46.0 Å². The van der Waals surface area contributed by atoms with E-state index in [1.54, 1.807) is 0 Å². The maximum absolute atomic E-state index is 4.55. The SMILES string of the molecule is C=Cc1cnc(C2CC(C)CCC2C(C)C)[nH]1. The molecule has 2 heteroatoms. The van der Waals surface area contributed by atoms with Crippen molar-refractivity contribution in [1.82, 2.24) is 9.97 Å². The summed E-state index contributed by atoms with van der Waals surface area (Å²) in [6.07, 6.45) is 7.72. The number of imidazole rings is 1. The third-order valence-corrected chi connectivity index (χ3v) is 4.21. The van der Waals surface area contributed by atoms with Crippen molar-refractivity contribution >= 4 is 6.08 Å². The molecule has 17 heavy (non-hydrogen) atoms. The third-order valence-electron chi connectivity index (χ3n) is 4.21. The van der Waals surface area contributed by atoms with Crippen LogP contribution in [0.25, 0.3) is 6.08 Å². The predicted molar refractivity (Wildman–Crippen MR) is 72.8 cm³/mol. The molecule has 0 bridgehead atoms. The van der Waals surface area contributed by atoms with Crippen LogP contribution in [0.5, 0.6) is 0 Å². The van der Waals surface area contributed by atoms with Gasteiger partial charge in [-0.3, -0.25) is 0 Å². The molecule has 1 aromatic heterocycles. The molecule has 1 aromatic rings. The summed E-state index contributed by atoms with van der Waals surface area (Å²) >= 11 is 0. The Labute approximate surface area is 105 Å². The molecule has 0 saturated heterocycles. The van der Waals surface area contributed by atoms with Crippen molar-refractivity contribution in [3.63, 3.8) is 0 Å². The van der Waals surface area contributed by atoms with Crippen molar-refractivity contribution in [2.75, 3.05) is 0 Å². The number of nitrogens with one attached hydrogen (secondary N) is 1. The fourth-order valence-electron chi connectivity index (χ4n) is 3.16. The van der Waals surface area contributed by atoms with E-state index in [1.807, 2.05) is 12.3 Å². The molecule has 1 aliphatic carbocycles. The van der Waals surface area contributed by atoms with Gasteiger partial charge in [0.25, 0.3) is 0 Å². The van der Waals surface area contributed by atoms with Gasteiger partial charge in [0.1, 0.15) is 5.82 Å². The average molecular weight is 232 g/mol. The number of H-pyrrole nitrogens is 1. The van der Waals surface area contributed by atoms with E-state index in [1.165, 1.54) is 25.1 Å². The van der Waals surface area contributed by atoms with Crippen molar-refractivity contribution in [3.05, 3.63) is 24.3 Å². The zero-order valence-corrected chi connectivity index (χ0v) is 11.2. The average Bonchev–Trinajstić information content (AvgIpc) is 2.76. The van der Waals surface area contributed by atoms with E-state index in [-0.39, 0.29) is 0 Å².